The van der Waals surface area contributed by atoms with E-state index in [-0.39, 0.29) is 11.6 Å². The van der Waals surface area contributed by atoms with Crippen LogP contribution in [0.25, 0.3) is 0 Å². The van der Waals surface area contributed by atoms with Crippen LogP contribution in [0.1, 0.15) is 6.92 Å². The van der Waals surface area contributed by atoms with Crippen LogP contribution < -0.4 is 13.9 Å². The van der Waals surface area contributed by atoms with Crippen molar-refractivity contribution >= 4 is 27.3 Å². The molecule has 30 heavy (non-hydrogen) atoms. The van der Waals surface area contributed by atoms with Gasteiger partial charge in [0, 0.05) is 26.2 Å². The first-order valence-corrected chi connectivity index (χ1v) is 11.5. The Kier molecular flexibility index (Phi) is 6.50. The van der Waals surface area contributed by atoms with Gasteiger partial charge in [-0.25, -0.2) is 12.8 Å². The maximum Gasteiger partial charge on any atom is 0.246 e. The van der Waals surface area contributed by atoms with E-state index in [4.69, 9.17) is 4.74 Å². The van der Waals surface area contributed by atoms with E-state index in [9.17, 15) is 17.6 Å². The van der Waals surface area contributed by atoms with Crippen molar-refractivity contribution in [1.82, 2.24) is 4.90 Å². The molecule has 0 N–H and O–H groups in total. The van der Waals surface area contributed by atoms with Gasteiger partial charge in [-0.2, -0.15) is 0 Å². The molecule has 2 aromatic carbocycles. The lowest BCUT2D eigenvalue weighted by Gasteiger charge is -2.39. The van der Waals surface area contributed by atoms with Gasteiger partial charge < -0.3 is 14.5 Å². The number of carbonyl (C=O) groups excluding carboxylic acids is 1. The molecule has 1 saturated heterocycles. The fourth-order valence-electron chi connectivity index (χ4n) is 3.74. The Bertz CT molecular complexity index is 1010. The first kappa shape index (κ1) is 21.9. The van der Waals surface area contributed by atoms with Crippen molar-refractivity contribution < 1.29 is 22.3 Å². The molecule has 7 nitrogen and oxygen atoms in total. The number of para-hydroxylation sites is 2. The summed E-state index contributed by atoms with van der Waals surface area (Å²) >= 11 is 0. The molecule has 0 bridgehead atoms. The highest BCUT2D eigenvalue weighted by molar-refractivity contribution is 7.92. The summed E-state index contributed by atoms with van der Waals surface area (Å²) in [6, 6.07) is 11.9. The Labute approximate surface area is 176 Å². The van der Waals surface area contributed by atoms with E-state index in [1.54, 1.807) is 12.0 Å². The maximum atomic E-state index is 13.7. The maximum absolute atomic E-state index is 13.7. The SMILES string of the molecule is COc1ccccc1N1CCN(C(=O)C(C)N(c2cccc(F)c2)S(C)(=O)=O)CC1. The molecule has 1 atom stereocenters. The lowest BCUT2D eigenvalue weighted by molar-refractivity contribution is -0.132. The average Bonchev–Trinajstić information content (AvgIpc) is 2.72. The minimum atomic E-state index is -3.79. The second-order valence-corrected chi connectivity index (χ2v) is 9.06. The summed E-state index contributed by atoms with van der Waals surface area (Å²) < 4.78 is 44.8. The van der Waals surface area contributed by atoms with Crippen molar-refractivity contribution in [2.45, 2.75) is 13.0 Å². The Morgan fingerprint density at radius 2 is 1.77 bits per heavy atom. The monoisotopic (exact) mass is 435 g/mol. The summed E-state index contributed by atoms with van der Waals surface area (Å²) in [6.45, 7) is 3.61. The molecule has 9 heteroatoms. The van der Waals surface area contributed by atoms with E-state index in [0.29, 0.717) is 26.2 Å². The minimum absolute atomic E-state index is 0.131. The van der Waals surface area contributed by atoms with E-state index in [0.717, 1.165) is 28.1 Å². The van der Waals surface area contributed by atoms with Crippen LogP contribution in [0.2, 0.25) is 0 Å². The lowest BCUT2D eigenvalue weighted by Crippen LogP contribution is -2.55. The van der Waals surface area contributed by atoms with Gasteiger partial charge in [-0.3, -0.25) is 9.10 Å². The number of sulfonamides is 1. The number of hydrogen-bond donors (Lipinski definition) is 0. The minimum Gasteiger partial charge on any atom is -0.495 e. The van der Waals surface area contributed by atoms with Gasteiger partial charge in [-0.15, -0.1) is 0 Å². The van der Waals surface area contributed by atoms with Gasteiger partial charge in [0.25, 0.3) is 0 Å². The Morgan fingerprint density at radius 1 is 1.10 bits per heavy atom. The molecule has 1 fully saturated rings. The number of amides is 1. The fourth-order valence-corrected chi connectivity index (χ4v) is 4.90. The van der Waals surface area contributed by atoms with Crippen molar-refractivity contribution in [1.29, 1.82) is 0 Å². The molecule has 0 saturated carbocycles. The number of nitrogens with zero attached hydrogens (tertiary/aromatic N) is 3. The molecule has 1 aliphatic rings. The molecular formula is C21H26FN3O4S. The third-order valence-corrected chi connectivity index (χ3v) is 6.39. The molecule has 3 rings (SSSR count). The predicted molar refractivity (Wildman–Crippen MR) is 115 cm³/mol. The molecule has 0 spiro atoms. The van der Waals surface area contributed by atoms with Gasteiger partial charge in [0.1, 0.15) is 17.6 Å². The zero-order valence-corrected chi connectivity index (χ0v) is 18.1. The smallest absolute Gasteiger partial charge is 0.246 e. The highest BCUT2D eigenvalue weighted by Crippen LogP contribution is 2.29. The largest absolute Gasteiger partial charge is 0.495 e. The fraction of sp³-hybridized carbons (Fsp3) is 0.381. The van der Waals surface area contributed by atoms with Crippen LogP contribution in [0.4, 0.5) is 15.8 Å². The molecule has 2 aromatic rings. The van der Waals surface area contributed by atoms with Gasteiger partial charge in [0.15, 0.2) is 0 Å². The standard InChI is InChI=1S/C21H26FN3O4S/c1-16(25(30(3,27)28)18-8-6-7-17(22)15-18)21(26)24-13-11-23(12-14-24)19-9-4-5-10-20(19)29-2/h4-10,15-16H,11-14H2,1-3H3. The van der Waals surface area contributed by atoms with Crippen molar-refractivity contribution in [3.8, 4) is 5.75 Å². The van der Waals surface area contributed by atoms with Crippen LogP contribution in [0.15, 0.2) is 48.5 Å². The van der Waals surface area contributed by atoms with Crippen LogP contribution in [0, 0.1) is 5.82 Å². The van der Waals surface area contributed by atoms with Crippen molar-refractivity contribution in [2.24, 2.45) is 0 Å². The third kappa shape index (κ3) is 4.67. The van der Waals surface area contributed by atoms with Crippen LogP contribution >= 0.6 is 0 Å². The zero-order chi connectivity index (χ0) is 21.9. The summed E-state index contributed by atoms with van der Waals surface area (Å²) in [7, 11) is -2.17. The highest BCUT2D eigenvalue weighted by Gasteiger charge is 2.33. The summed E-state index contributed by atoms with van der Waals surface area (Å²) in [4.78, 5) is 16.9. The number of benzene rings is 2. The van der Waals surface area contributed by atoms with E-state index >= 15 is 0 Å². The highest BCUT2D eigenvalue weighted by atomic mass is 32.2. The molecule has 0 aromatic heterocycles. The summed E-state index contributed by atoms with van der Waals surface area (Å²) in [5, 5.41) is 0. The van der Waals surface area contributed by atoms with E-state index in [2.05, 4.69) is 4.90 Å². The van der Waals surface area contributed by atoms with Crippen molar-refractivity contribution in [3.05, 3.63) is 54.3 Å². The molecule has 1 amide bonds. The number of carbonyl (C=O) groups is 1. The molecule has 0 radical (unpaired) electrons. The summed E-state index contributed by atoms with van der Waals surface area (Å²) in [6.07, 6.45) is 1.02. The van der Waals surface area contributed by atoms with Crippen LogP contribution in [-0.4, -0.2) is 64.8 Å². The number of rotatable bonds is 6. The molecule has 1 unspecified atom stereocenters. The molecule has 1 aliphatic heterocycles. The number of ether oxygens (including phenoxy) is 1. The normalized spacial score (nSPS) is 15.6. The summed E-state index contributed by atoms with van der Waals surface area (Å²) in [5.74, 6) is -0.115. The van der Waals surface area contributed by atoms with E-state index < -0.39 is 21.9 Å². The average molecular weight is 436 g/mol. The van der Waals surface area contributed by atoms with Crippen molar-refractivity contribution in [2.75, 3.05) is 48.7 Å². The first-order chi connectivity index (χ1) is 14.2. The van der Waals surface area contributed by atoms with Gasteiger partial charge in [-0.1, -0.05) is 18.2 Å². The summed E-state index contributed by atoms with van der Waals surface area (Å²) in [5.41, 5.74) is 1.09. The third-order valence-electron chi connectivity index (χ3n) is 5.15. The Balaban J connectivity index is 1.74. The second-order valence-electron chi connectivity index (χ2n) is 7.20. The van der Waals surface area contributed by atoms with Crippen molar-refractivity contribution in [3.63, 3.8) is 0 Å². The number of methoxy groups -OCH3 is 1. The van der Waals surface area contributed by atoms with Crippen LogP contribution in [-0.2, 0) is 14.8 Å². The molecule has 1 heterocycles. The van der Waals surface area contributed by atoms with Gasteiger partial charge in [-0.05, 0) is 37.3 Å². The van der Waals surface area contributed by atoms with Gasteiger partial charge in [0.2, 0.25) is 15.9 Å². The number of halogens is 1. The van der Waals surface area contributed by atoms with E-state index in [1.807, 2.05) is 24.3 Å². The number of hydrogen-bond acceptors (Lipinski definition) is 5. The zero-order valence-electron chi connectivity index (χ0n) is 17.3. The van der Waals surface area contributed by atoms with Crippen LogP contribution in [0.5, 0.6) is 5.75 Å². The second kappa shape index (κ2) is 8.91. The molecule has 0 aliphatic carbocycles. The van der Waals surface area contributed by atoms with Gasteiger partial charge in [0.05, 0.1) is 24.7 Å². The van der Waals surface area contributed by atoms with Crippen LogP contribution in [0.3, 0.4) is 0 Å². The predicted octanol–water partition coefficient (Wildman–Crippen LogP) is 2.34. The molecular weight excluding hydrogens is 409 g/mol. The molecule has 162 valence electrons. The first-order valence-electron chi connectivity index (χ1n) is 9.64. The Hall–Kier alpha value is -2.81. The number of piperazine rings is 1. The Morgan fingerprint density at radius 3 is 2.37 bits per heavy atom. The topological polar surface area (TPSA) is 70.2 Å². The van der Waals surface area contributed by atoms with Gasteiger partial charge >= 0.3 is 0 Å². The van der Waals surface area contributed by atoms with E-state index in [1.165, 1.54) is 25.1 Å². The number of anilines is 2. The lowest BCUT2D eigenvalue weighted by atomic mass is 10.2. The quantitative estimate of drug-likeness (QED) is 0.697.